The Balaban J connectivity index is 1.33. The van der Waals surface area contributed by atoms with Gasteiger partial charge in [-0.05, 0) is 23.3 Å². The van der Waals surface area contributed by atoms with Crippen LogP contribution >= 0.6 is 7.82 Å². The number of hydrogen-bond donors (Lipinski definition) is 2. The van der Waals surface area contributed by atoms with Crippen LogP contribution in [-0.2, 0) is 45.6 Å². The van der Waals surface area contributed by atoms with Crippen molar-refractivity contribution in [2.75, 3.05) is 11.9 Å². The first-order valence-electron chi connectivity index (χ1n) is 14.6. The van der Waals surface area contributed by atoms with Gasteiger partial charge in [0, 0.05) is 6.92 Å². The number of carbonyl (C=O) groups excluding carboxylic acids is 2. The predicted octanol–water partition coefficient (Wildman–Crippen LogP) is 4.76. The molecule has 5 aromatic rings. The van der Waals surface area contributed by atoms with Gasteiger partial charge in [0.25, 0.3) is 5.56 Å². The summed E-state index contributed by atoms with van der Waals surface area (Å²) in [5.74, 6) is -1.28. The van der Waals surface area contributed by atoms with Crippen molar-refractivity contribution in [1.82, 2.24) is 19.5 Å². The summed E-state index contributed by atoms with van der Waals surface area (Å²) in [6, 6.07) is 26.4. The van der Waals surface area contributed by atoms with Crippen LogP contribution < -0.4 is 10.9 Å². The maximum Gasteiger partial charge on any atom is 0.475 e. The third-order valence-electron chi connectivity index (χ3n) is 7.06. The molecule has 47 heavy (non-hydrogen) atoms. The first kappa shape index (κ1) is 32.0. The van der Waals surface area contributed by atoms with Crippen molar-refractivity contribution in [3.05, 3.63) is 124 Å². The lowest BCUT2D eigenvalue weighted by Gasteiger charge is -2.26. The molecule has 6 rings (SSSR count). The molecular formula is C32H30N5O9P. The minimum Gasteiger partial charge on any atom is -0.451 e. The topological polar surface area (TPSA) is 173 Å². The molecule has 0 saturated carbocycles. The van der Waals surface area contributed by atoms with Gasteiger partial charge in [0.1, 0.15) is 6.10 Å². The Kier molecular flexibility index (Phi) is 9.66. The smallest absolute Gasteiger partial charge is 0.451 e. The van der Waals surface area contributed by atoms with E-state index >= 15 is 0 Å². The lowest BCUT2D eigenvalue weighted by Crippen LogP contribution is -2.35. The number of fused-ring (bicyclic) bond motifs is 1. The Labute approximate surface area is 268 Å². The van der Waals surface area contributed by atoms with Crippen molar-refractivity contribution in [1.29, 1.82) is 0 Å². The molecule has 2 aromatic heterocycles. The number of carbonyl (C=O) groups is 2. The van der Waals surface area contributed by atoms with E-state index in [1.165, 1.54) is 17.8 Å². The number of ether oxygens (including phenoxy) is 2. The predicted molar refractivity (Wildman–Crippen MR) is 168 cm³/mol. The van der Waals surface area contributed by atoms with Crippen molar-refractivity contribution < 1.29 is 37.2 Å². The molecular weight excluding hydrogens is 629 g/mol. The van der Waals surface area contributed by atoms with E-state index in [1.807, 2.05) is 36.4 Å². The number of aromatic amines is 1. The quantitative estimate of drug-likeness (QED) is 0.140. The second kappa shape index (κ2) is 14.2. The highest BCUT2D eigenvalue weighted by Crippen LogP contribution is 2.54. The van der Waals surface area contributed by atoms with Gasteiger partial charge in [-0.15, -0.1) is 0 Å². The largest absolute Gasteiger partial charge is 0.475 e. The van der Waals surface area contributed by atoms with Gasteiger partial charge in [-0.3, -0.25) is 38.0 Å². The molecule has 14 nitrogen and oxygen atoms in total. The van der Waals surface area contributed by atoms with Crippen molar-refractivity contribution in [3.8, 4) is 0 Å². The van der Waals surface area contributed by atoms with E-state index in [2.05, 4.69) is 20.3 Å². The summed E-state index contributed by atoms with van der Waals surface area (Å²) < 4.78 is 45.3. The molecule has 1 fully saturated rings. The molecule has 0 spiro atoms. The first-order valence-corrected chi connectivity index (χ1v) is 16.0. The number of benzene rings is 3. The zero-order valence-electron chi connectivity index (χ0n) is 25.1. The van der Waals surface area contributed by atoms with Crippen molar-refractivity contribution in [2.45, 2.75) is 38.6 Å². The van der Waals surface area contributed by atoms with Crippen LogP contribution in [0.15, 0.2) is 102 Å². The van der Waals surface area contributed by atoms with Crippen LogP contribution in [0.2, 0.25) is 0 Å². The van der Waals surface area contributed by atoms with E-state index < -0.39 is 43.7 Å². The summed E-state index contributed by atoms with van der Waals surface area (Å²) >= 11 is 0. The number of nitrogens with zero attached hydrogens (tertiary/aromatic N) is 3. The van der Waals surface area contributed by atoms with Crippen molar-refractivity contribution in [2.24, 2.45) is 0 Å². The molecule has 3 heterocycles. The summed E-state index contributed by atoms with van der Waals surface area (Å²) in [7, 11) is -4.35. The Morgan fingerprint density at radius 2 is 1.55 bits per heavy atom. The van der Waals surface area contributed by atoms with Crippen LogP contribution in [0.1, 0.15) is 34.6 Å². The molecule has 1 aliphatic heterocycles. The number of phosphoric acid groups is 1. The maximum atomic E-state index is 14.2. The molecule has 242 valence electrons. The van der Waals surface area contributed by atoms with E-state index in [-0.39, 0.29) is 42.5 Å². The van der Waals surface area contributed by atoms with Gasteiger partial charge in [-0.2, -0.15) is 4.98 Å². The highest BCUT2D eigenvalue weighted by atomic mass is 31.2. The zero-order valence-corrected chi connectivity index (χ0v) is 25.9. The third kappa shape index (κ3) is 7.71. The number of nitrogens with one attached hydrogen (secondary N) is 2. The summed E-state index contributed by atoms with van der Waals surface area (Å²) in [6.45, 7) is 0.860. The van der Waals surface area contributed by atoms with Gasteiger partial charge in [0.2, 0.25) is 11.9 Å². The number of aromatic nitrogens is 4. The Morgan fingerprint density at radius 3 is 2.15 bits per heavy atom. The van der Waals surface area contributed by atoms with Crippen molar-refractivity contribution >= 4 is 36.8 Å². The maximum absolute atomic E-state index is 14.2. The Morgan fingerprint density at radius 1 is 0.957 bits per heavy atom. The van der Waals surface area contributed by atoms with E-state index in [9.17, 15) is 18.9 Å². The van der Waals surface area contributed by atoms with Gasteiger partial charge in [0.15, 0.2) is 23.5 Å². The van der Waals surface area contributed by atoms with Gasteiger partial charge in [0.05, 0.1) is 31.7 Å². The van der Waals surface area contributed by atoms with Gasteiger partial charge in [-0.25, -0.2) is 14.3 Å². The molecule has 3 aromatic carbocycles. The average molecular weight is 660 g/mol. The number of anilines is 1. The zero-order chi connectivity index (χ0) is 32.8. The van der Waals surface area contributed by atoms with Crippen LogP contribution in [0.5, 0.6) is 0 Å². The fourth-order valence-corrected chi connectivity index (χ4v) is 6.18. The number of hydrogen-bond acceptors (Lipinski definition) is 11. The Hall–Kier alpha value is -4.98. The minimum atomic E-state index is -4.35. The number of phosphoric ester groups is 1. The highest BCUT2D eigenvalue weighted by Gasteiger charge is 2.47. The van der Waals surface area contributed by atoms with Crippen LogP contribution in [0.25, 0.3) is 11.2 Å². The van der Waals surface area contributed by atoms with Crippen LogP contribution in [0, 0.1) is 0 Å². The van der Waals surface area contributed by atoms with Crippen LogP contribution in [-0.4, -0.2) is 50.2 Å². The number of rotatable bonds is 12. The lowest BCUT2D eigenvalue weighted by atomic mass is 10.2. The van der Waals surface area contributed by atoms with Gasteiger partial charge < -0.3 is 9.47 Å². The van der Waals surface area contributed by atoms with Crippen molar-refractivity contribution in [3.63, 3.8) is 0 Å². The van der Waals surface area contributed by atoms with Crippen LogP contribution in [0.4, 0.5) is 5.95 Å². The highest BCUT2D eigenvalue weighted by molar-refractivity contribution is 7.48. The summed E-state index contributed by atoms with van der Waals surface area (Å²) in [5.41, 5.74) is 1.07. The summed E-state index contributed by atoms with van der Waals surface area (Å²) in [4.78, 5) is 48.7. The molecule has 0 unspecified atom stereocenters. The summed E-state index contributed by atoms with van der Waals surface area (Å²) in [5, 5.41) is 2.44. The fourth-order valence-electron chi connectivity index (χ4n) is 4.85. The molecule has 0 bridgehead atoms. The second-order valence-electron chi connectivity index (χ2n) is 10.5. The van der Waals surface area contributed by atoms with Gasteiger partial charge in [-0.1, -0.05) is 78.9 Å². The molecule has 0 radical (unpaired) electrons. The number of H-pyrrole nitrogens is 1. The lowest BCUT2D eigenvalue weighted by molar-refractivity contribution is -0.114. The number of imidazole rings is 1. The average Bonchev–Trinajstić information content (AvgIpc) is 3.67. The van der Waals surface area contributed by atoms with E-state index in [0.29, 0.717) is 0 Å². The normalized spacial score (nSPS) is 17.9. The van der Waals surface area contributed by atoms with E-state index in [0.717, 1.165) is 11.1 Å². The fraction of sp³-hybridized carbons (Fsp3) is 0.219. The number of esters is 1. The Bertz CT molecular complexity index is 1910. The first-order chi connectivity index (χ1) is 22.8. The molecule has 3 atom stereocenters. The molecule has 1 aliphatic rings. The third-order valence-corrected chi connectivity index (χ3v) is 8.48. The monoisotopic (exact) mass is 659 g/mol. The molecule has 2 N–H and O–H groups in total. The van der Waals surface area contributed by atoms with E-state index in [4.69, 9.17) is 23.0 Å². The second-order valence-corrected chi connectivity index (χ2v) is 12.1. The minimum absolute atomic E-state index is 0.0350. The molecule has 1 amide bonds. The molecule has 15 heteroatoms. The van der Waals surface area contributed by atoms with E-state index in [1.54, 1.807) is 54.6 Å². The van der Waals surface area contributed by atoms with Gasteiger partial charge >= 0.3 is 13.8 Å². The molecule has 1 saturated heterocycles. The molecule has 0 aliphatic carbocycles. The summed E-state index contributed by atoms with van der Waals surface area (Å²) in [6.07, 6.45) is -2.27. The van der Waals surface area contributed by atoms with Crippen LogP contribution in [0.3, 0.4) is 0 Å². The SMILES string of the molecule is CC(=O)Nc1nc2c(ncn2[C@@H]2OC[C@H](OP(=O)(OCc3ccccc3)OCc3ccccc3)[C@H]2OC(=O)c2ccccc2)c(=O)[nH]1. The number of amides is 1. The standard InChI is InChI=1S/C32H30N5O9P/c1-21(38)34-32-35-28-26(29(39)36-32)33-20-37(28)30-27(45-31(40)24-15-9-4-10-16-24)25(19-42-30)46-47(41,43-17-22-11-5-2-6-12-22)44-18-23-13-7-3-8-14-23/h2-16,20,25,27,30H,17-19H2,1H3,(H2,34,35,36,38,39)/t25-,27+,30+/m0/s1.